The molecule has 6 heteroatoms. The van der Waals surface area contributed by atoms with Gasteiger partial charge in [0, 0.05) is 51.9 Å². The highest BCUT2D eigenvalue weighted by atomic mass is 16.1. The predicted octanol–water partition coefficient (Wildman–Crippen LogP) is 0.462. The lowest BCUT2D eigenvalue weighted by molar-refractivity contribution is 0.118. The Morgan fingerprint density at radius 3 is 2.74 bits per heavy atom. The van der Waals surface area contributed by atoms with E-state index in [1.807, 2.05) is 31.4 Å². The fourth-order valence-corrected chi connectivity index (χ4v) is 2.13. The maximum Gasteiger partial charge on any atom is 0.261 e. The number of fused-ring (bicyclic) bond motifs is 1. The highest BCUT2D eigenvalue weighted by molar-refractivity contribution is 5.78. The number of nitrogens with zero attached hydrogens (tertiary/aromatic N) is 5. The zero-order valence-electron chi connectivity index (χ0n) is 11.2. The molecular formula is C13H15N5O. The summed E-state index contributed by atoms with van der Waals surface area (Å²) in [4.78, 5) is 20.7. The molecular weight excluding hydrogens is 242 g/mol. The Labute approximate surface area is 110 Å². The van der Waals surface area contributed by atoms with Crippen LogP contribution in [0.5, 0.6) is 0 Å². The fraction of sp³-hybridized carbons (Fsp3) is 0.308. The van der Waals surface area contributed by atoms with Gasteiger partial charge in [0.25, 0.3) is 5.56 Å². The number of pyridine rings is 1. The highest BCUT2D eigenvalue weighted by Gasteiger charge is 2.18. The fourth-order valence-electron chi connectivity index (χ4n) is 2.13. The molecule has 0 N–H and O–H groups in total. The summed E-state index contributed by atoms with van der Waals surface area (Å²) >= 11 is 0. The highest BCUT2D eigenvalue weighted by Crippen LogP contribution is 2.19. The third-order valence-electron chi connectivity index (χ3n) is 3.39. The van der Waals surface area contributed by atoms with Crippen LogP contribution in [0.4, 0.5) is 0 Å². The Hall–Kier alpha value is -2.21. The third kappa shape index (κ3) is 1.90. The Kier molecular flexibility index (Phi) is 2.60. The van der Waals surface area contributed by atoms with Crippen LogP contribution in [0.15, 0.2) is 29.5 Å². The number of rotatable bonds is 1. The Morgan fingerprint density at radius 1 is 1.26 bits per heavy atom. The molecule has 1 aliphatic rings. The van der Waals surface area contributed by atoms with Crippen molar-refractivity contribution in [3.8, 4) is 0 Å². The normalized spacial score (nSPS) is 16.2. The van der Waals surface area contributed by atoms with Gasteiger partial charge in [0.2, 0.25) is 0 Å². The molecule has 0 spiro atoms. The molecule has 0 aromatic carbocycles. The lowest BCUT2D eigenvalue weighted by Gasteiger charge is -2.18. The van der Waals surface area contributed by atoms with Crippen LogP contribution < -0.4 is 5.56 Å². The van der Waals surface area contributed by atoms with Crippen molar-refractivity contribution in [3.05, 3.63) is 40.8 Å². The second-order valence-electron chi connectivity index (χ2n) is 4.77. The first-order valence-electron chi connectivity index (χ1n) is 6.03. The monoisotopic (exact) mass is 257 g/mol. The van der Waals surface area contributed by atoms with Gasteiger partial charge in [-0.15, -0.1) is 0 Å². The minimum Gasteiger partial charge on any atom is -0.318 e. The molecule has 0 bridgehead atoms. The molecule has 0 radical (unpaired) electrons. The summed E-state index contributed by atoms with van der Waals surface area (Å²) in [6.07, 6.45) is 5.34. The van der Waals surface area contributed by atoms with E-state index in [0.717, 1.165) is 12.1 Å². The van der Waals surface area contributed by atoms with Crippen LogP contribution >= 0.6 is 0 Å². The van der Waals surface area contributed by atoms with E-state index in [4.69, 9.17) is 0 Å². The summed E-state index contributed by atoms with van der Waals surface area (Å²) in [5.41, 5.74) is 1.66. The predicted molar refractivity (Wildman–Crippen MR) is 73.1 cm³/mol. The van der Waals surface area contributed by atoms with E-state index in [-0.39, 0.29) is 5.56 Å². The van der Waals surface area contributed by atoms with Gasteiger partial charge in [0.05, 0.1) is 10.9 Å². The molecule has 6 nitrogen and oxygen atoms in total. The number of hydrogen-bond acceptors (Lipinski definition) is 5. The molecule has 19 heavy (non-hydrogen) atoms. The minimum absolute atomic E-state index is 0.0707. The number of hydrogen-bond donors (Lipinski definition) is 0. The van der Waals surface area contributed by atoms with Crippen molar-refractivity contribution in [3.63, 3.8) is 0 Å². The lowest BCUT2D eigenvalue weighted by Crippen LogP contribution is -2.27. The Bertz CT molecular complexity index is 733. The van der Waals surface area contributed by atoms with Gasteiger partial charge in [0.15, 0.2) is 5.82 Å². The number of likely N-dealkylation sites (N-methyl/N-ethyl adjacent to an activating group) is 1. The van der Waals surface area contributed by atoms with Crippen LogP contribution in [0.3, 0.4) is 0 Å². The molecule has 2 aromatic rings. The van der Waals surface area contributed by atoms with Crippen molar-refractivity contribution in [2.24, 2.45) is 7.05 Å². The molecule has 1 aliphatic heterocycles. The molecule has 0 saturated carbocycles. The molecule has 0 aliphatic carbocycles. The van der Waals surface area contributed by atoms with Crippen LogP contribution in [-0.2, 0) is 7.05 Å². The van der Waals surface area contributed by atoms with Crippen molar-refractivity contribution in [1.82, 2.24) is 24.6 Å². The smallest absolute Gasteiger partial charge is 0.261 e. The molecule has 0 saturated heterocycles. The minimum atomic E-state index is -0.0707. The second-order valence-corrected chi connectivity index (χ2v) is 4.77. The number of hydrazine groups is 1. The summed E-state index contributed by atoms with van der Waals surface area (Å²) in [6.45, 7) is 0.771. The van der Waals surface area contributed by atoms with E-state index >= 15 is 0 Å². The Balaban J connectivity index is 2.11. The standard InChI is InChI=1S/C13H15N5O/c1-16-5-4-11-10(13(16)19)6-14-12(15-11)9-7-17(2)18(3)8-9/h4-7H,8H2,1-3H3. The van der Waals surface area contributed by atoms with Crippen LogP contribution in [0.2, 0.25) is 0 Å². The molecule has 0 amide bonds. The van der Waals surface area contributed by atoms with E-state index < -0.39 is 0 Å². The van der Waals surface area contributed by atoms with Gasteiger partial charge in [-0.2, -0.15) is 0 Å². The second kappa shape index (κ2) is 4.17. The van der Waals surface area contributed by atoms with Gasteiger partial charge in [-0.05, 0) is 6.07 Å². The van der Waals surface area contributed by atoms with Gasteiger partial charge in [0.1, 0.15) is 0 Å². The van der Waals surface area contributed by atoms with Gasteiger partial charge in [-0.1, -0.05) is 0 Å². The zero-order valence-corrected chi connectivity index (χ0v) is 11.2. The van der Waals surface area contributed by atoms with Gasteiger partial charge >= 0.3 is 0 Å². The van der Waals surface area contributed by atoms with Crippen LogP contribution in [0, 0.1) is 0 Å². The Morgan fingerprint density at radius 2 is 2.05 bits per heavy atom. The molecule has 2 aromatic heterocycles. The molecule has 98 valence electrons. The van der Waals surface area contributed by atoms with Crippen LogP contribution in [0.25, 0.3) is 16.5 Å². The summed E-state index contributed by atoms with van der Waals surface area (Å²) in [5, 5.41) is 4.61. The van der Waals surface area contributed by atoms with Crippen molar-refractivity contribution in [2.75, 3.05) is 20.6 Å². The van der Waals surface area contributed by atoms with Crippen molar-refractivity contribution in [1.29, 1.82) is 0 Å². The molecule has 0 atom stereocenters. The SMILES string of the molecule is CN1C=C(c2ncc3c(=O)n(C)ccc3n2)CN1C. The van der Waals surface area contributed by atoms with Crippen LogP contribution in [0.1, 0.15) is 5.82 Å². The summed E-state index contributed by atoms with van der Waals surface area (Å²) in [6, 6.07) is 1.84. The summed E-state index contributed by atoms with van der Waals surface area (Å²) in [7, 11) is 5.70. The topological polar surface area (TPSA) is 54.3 Å². The quantitative estimate of drug-likeness (QED) is 0.743. The van der Waals surface area contributed by atoms with Crippen molar-refractivity contribution < 1.29 is 0 Å². The first-order chi connectivity index (χ1) is 9.06. The van der Waals surface area contributed by atoms with Gasteiger partial charge < -0.3 is 9.58 Å². The van der Waals surface area contributed by atoms with E-state index in [1.54, 1.807) is 19.4 Å². The van der Waals surface area contributed by atoms with E-state index in [9.17, 15) is 4.79 Å². The molecule has 3 heterocycles. The van der Waals surface area contributed by atoms with E-state index in [2.05, 4.69) is 15.0 Å². The van der Waals surface area contributed by atoms with Crippen LogP contribution in [-0.4, -0.2) is 45.2 Å². The van der Waals surface area contributed by atoms with Gasteiger partial charge in [-0.3, -0.25) is 4.79 Å². The number of aromatic nitrogens is 3. The average Bonchev–Trinajstić information content (AvgIpc) is 2.74. The maximum atomic E-state index is 11.9. The summed E-state index contributed by atoms with van der Waals surface area (Å²) in [5.74, 6) is 0.678. The lowest BCUT2D eigenvalue weighted by atomic mass is 10.2. The van der Waals surface area contributed by atoms with Crippen molar-refractivity contribution >= 4 is 16.5 Å². The van der Waals surface area contributed by atoms with Gasteiger partial charge in [-0.25, -0.2) is 15.0 Å². The first kappa shape index (κ1) is 11.9. The molecule has 0 unspecified atom stereocenters. The van der Waals surface area contributed by atoms with Crippen molar-refractivity contribution in [2.45, 2.75) is 0 Å². The van der Waals surface area contributed by atoms with E-state index in [1.165, 1.54) is 4.57 Å². The zero-order chi connectivity index (χ0) is 13.6. The first-order valence-corrected chi connectivity index (χ1v) is 6.03. The third-order valence-corrected chi connectivity index (χ3v) is 3.39. The largest absolute Gasteiger partial charge is 0.318 e. The van der Waals surface area contributed by atoms with E-state index in [0.29, 0.717) is 16.7 Å². The molecule has 0 fully saturated rings. The number of aryl methyl sites for hydroxylation is 1. The molecule has 3 rings (SSSR count). The average molecular weight is 257 g/mol. The summed E-state index contributed by atoms with van der Waals surface area (Å²) < 4.78 is 1.53. The maximum absolute atomic E-state index is 11.9.